The Morgan fingerprint density at radius 1 is 1.33 bits per heavy atom. The summed E-state index contributed by atoms with van der Waals surface area (Å²) in [4.78, 5) is 11.9. The van der Waals surface area contributed by atoms with Crippen molar-refractivity contribution in [1.82, 2.24) is 0 Å². The topological polar surface area (TPSA) is 52.3 Å². The number of hydrogen-bond acceptors (Lipinski definition) is 3. The molecule has 1 aliphatic carbocycles. The van der Waals surface area contributed by atoms with Crippen LogP contribution in [0.15, 0.2) is 0 Å². The quantitative estimate of drug-likeness (QED) is 0.715. The van der Waals surface area contributed by atoms with Crippen LogP contribution in [-0.2, 0) is 9.53 Å². The predicted octanol–water partition coefficient (Wildman–Crippen LogP) is 2.09. The van der Waals surface area contributed by atoms with E-state index in [-0.39, 0.29) is 17.5 Å². The molecule has 0 radical (unpaired) electrons. The first-order chi connectivity index (χ1) is 6.94. The Kier molecular flexibility index (Phi) is 4.14. The molecular weight excluding hydrogens is 190 g/mol. The molecule has 0 saturated heterocycles. The molecule has 3 nitrogen and oxygen atoms in total. The second-order valence-electron chi connectivity index (χ2n) is 5.42. The van der Waals surface area contributed by atoms with E-state index in [0.717, 1.165) is 19.3 Å². The van der Waals surface area contributed by atoms with Crippen LogP contribution < -0.4 is 5.73 Å². The second kappa shape index (κ2) is 4.97. The number of carbonyl (C=O) groups excluding carboxylic acids is 1. The van der Waals surface area contributed by atoms with Gasteiger partial charge in [-0.15, -0.1) is 0 Å². The van der Waals surface area contributed by atoms with Gasteiger partial charge in [0, 0.05) is 0 Å². The molecule has 1 saturated carbocycles. The van der Waals surface area contributed by atoms with Crippen molar-refractivity contribution in [1.29, 1.82) is 0 Å². The summed E-state index contributed by atoms with van der Waals surface area (Å²) >= 11 is 0. The van der Waals surface area contributed by atoms with Crippen LogP contribution in [-0.4, -0.2) is 18.1 Å². The van der Waals surface area contributed by atoms with Gasteiger partial charge in [-0.2, -0.15) is 0 Å². The number of rotatable bonds is 2. The van der Waals surface area contributed by atoms with Crippen LogP contribution in [0.25, 0.3) is 0 Å². The van der Waals surface area contributed by atoms with Gasteiger partial charge in [0.2, 0.25) is 0 Å². The monoisotopic (exact) mass is 213 g/mol. The molecule has 0 heterocycles. The van der Waals surface area contributed by atoms with E-state index < -0.39 is 0 Å². The predicted molar refractivity (Wildman–Crippen MR) is 60.3 cm³/mol. The minimum atomic E-state index is -0.381. The molecule has 0 unspecified atom stereocenters. The van der Waals surface area contributed by atoms with Gasteiger partial charge in [-0.1, -0.05) is 12.8 Å². The van der Waals surface area contributed by atoms with Crippen LogP contribution in [0.1, 0.15) is 46.5 Å². The number of esters is 1. The van der Waals surface area contributed by atoms with E-state index in [4.69, 9.17) is 10.5 Å². The fourth-order valence-corrected chi connectivity index (χ4v) is 2.18. The molecule has 0 aromatic carbocycles. The van der Waals surface area contributed by atoms with Crippen LogP contribution in [0.3, 0.4) is 0 Å². The molecule has 2 atom stereocenters. The van der Waals surface area contributed by atoms with E-state index >= 15 is 0 Å². The van der Waals surface area contributed by atoms with E-state index in [9.17, 15) is 4.79 Å². The van der Waals surface area contributed by atoms with Crippen LogP contribution >= 0.6 is 0 Å². The first kappa shape index (κ1) is 12.5. The normalized spacial score (nSPS) is 27.5. The Bertz CT molecular complexity index is 220. The highest BCUT2D eigenvalue weighted by molar-refractivity contribution is 5.73. The second-order valence-corrected chi connectivity index (χ2v) is 5.42. The molecule has 1 aliphatic rings. The fourth-order valence-electron chi connectivity index (χ4n) is 2.18. The maximum atomic E-state index is 11.9. The molecule has 3 heteroatoms. The summed E-state index contributed by atoms with van der Waals surface area (Å²) in [6.45, 7) is 6.32. The summed E-state index contributed by atoms with van der Waals surface area (Å²) in [7, 11) is 0. The summed E-state index contributed by atoms with van der Waals surface area (Å²) in [6, 6.07) is 0. The Morgan fingerprint density at radius 2 is 1.93 bits per heavy atom. The molecule has 0 aliphatic heterocycles. The maximum absolute atomic E-state index is 11.9. The van der Waals surface area contributed by atoms with Crippen molar-refractivity contribution in [3.05, 3.63) is 0 Å². The lowest BCUT2D eigenvalue weighted by Crippen LogP contribution is -2.37. The highest BCUT2D eigenvalue weighted by Gasteiger charge is 2.33. The van der Waals surface area contributed by atoms with Crippen LogP contribution in [0, 0.1) is 11.8 Å². The van der Waals surface area contributed by atoms with Crippen molar-refractivity contribution < 1.29 is 9.53 Å². The van der Waals surface area contributed by atoms with Crippen LogP contribution in [0.2, 0.25) is 0 Å². The first-order valence-corrected chi connectivity index (χ1v) is 5.87. The fraction of sp³-hybridized carbons (Fsp3) is 0.917. The van der Waals surface area contributed by atoms with Gasteiger partial charge in [0.25, 0.3) is 0 Å². The van der Waals surface area contributed by atoms with Gasteiger partial charge in [0.05, 0.1) is 5.92 Å². The molecule has 2 N–H and O–H groups in total. The summed E-state index contributed by atoms with van der Waals surface area (Å²) in [6.07, 6.45) is 4.33. The summed E-state index contributed by atoms with van der Waals surface area (Å²) in [5.74, 6) is 0.300. The zero-order valence-electron chi connectivity index (χ0n) is 10.1. The largest absolute Gasteiger partial charge is 0.460 e. The van der Waals surface area contributed by atoms with E-state index in [1.165, 1.54) is 6.42 Å². The molecule has 1 fully saturated rings. The van der Waals surface area contributed by atoms with E-state index in [0.29, 0.717) is 12.5 Å². The zero-order chi connectivity index (χ0) is 11.5. The zero-order valence-corrected chi connectivity index (χ0v) is 10.1. The molecule has 15 heavy (non-hydrogen) atoms. The van der Waals surface area contributed by atoms with E-state index in [1.807, 2.05) is 20.8 Å². The highest BCUT2D eigenvalue weighted by Crippen LogP contribution is 2.31. The minimum Gasteiger partial charge on any atom is -0.460 e. The lowest BCUT2D eigenvalue weighted by atomic mass is 9.79. The van der Waals surface area contributed by atoms with Gasteiger partial charge >= 0.3 is 5.97 Å². The first-order valence-electron chi connectivity index (χ1n) is 5.87. The maximum Gasteiger partial charge on any atom is 0.309 e. The van der Waals surface area contributed by atoms with Gasteiger partial charge in [-0.25, -0.2) is 0 Å². The number of nitrogens with two attached hydrogens (primary N) is 1. The summed E-state index contributed by atoms with van der Waals surface area (Å²) < 4.78 is 5.41. The average molecular weight is 213 g/mol. The molecule has 0 aromatic heterocycles. The van der Waals surface area contributed by atoms with Crippen molar-refractivity contribution >= 4 is 5.97 Å². The third-order valence-electron chi connectivity index (χ3n) is 2.92. The average Bonchev–Trinajstić information content (AvgIpc) is 2.15. The van der Waals surface area contributed by atoms with Gasteiger partial charge < -0.3 is 10.5 Å². The standard InChI is InChI=1S/C12H23NO2/c1-12(2,3)15-11(14)10-7-5-4-6-9(10)8-13/h9-10H,4-8,13H2,1-3H3/t9-,10+/m0/s1. The number of ether oxygens (including phenoxy) is 1. The Morgan fingerprint density at radius 3 is 2.47 bits per heavy atom. The van der Waals surface area contributed by atoms with Crippen molar-refractivity contribution in [2.24, 2.45) is 17.6 Å². The van der Waals surface area contributed by atoms with Crippen molar-refractivity contribution in [2.45, 2.75) is 52.1 Å². The van der Waals surface area contributed by atoms with Gasteiger partial charge in [0.15, 0.2) is 0 Å². The molecule has 88 valence electrons. The SMILES string of the molecule is CC(C)(C)OC(=O)[C@@H]1CCCC[C@H]1CN. The molecular formula is C12H23NO2. The summed E-state index contributed by atoms with van der Waals surface area (Å²) in [5, 5.41) is 0. The molecule has 0 aromatic rings. The lowest BCUT2D eigenvalue weighted by molar-refractivity contribution is -0.163. The molecule has 0 amide bonds. The summed E-state index contributed by atoms with van der Waals surface area (Å²) in [5.41, 5.74) is 5.31. The number of carbonyl (C=O) groups is 1. The van der Waals surface area contributed by atoms with Crippen LogP contribution in [0.5, 0.6) is 0 Å². The van der Waals surface area contributed by atoms with Crippen molar-refractivity contribution in [3.63, 3.8) is 0 Å². The van der Waals surface area contributed by atoms with E-state index in [2.05, 4.69) is 0 Å². The lowest BCUT2D eigenvalue weighted by Gasteiger charge is -2.31. The van der Waals surface area contributed by atoms with Crippen molar-refractivity contribution in [2.75, 3.05) is 6.54 Å². The van der Waals surface area contributed by atoms with Crippen LogP contribution in [0.4, 0.5) is 0 Å². The Labute approximate surface area is 92.4 Å². The highest BCUT2D eigenvalue weighted by atomic mass is 16.6. The van der Waals surface area contributed by atoms with Gasteiger partial charge in [-0.05, 0) is 46.1 Å². The molecule has 1 rings (SSSR count). The van der Waals surface area contributed by atoms with Gasteiger partial charge in [-0.3, -0.25) is 4.79 Å². The number of hydrogen-bond donors (Lipinski definition) is 1. The third kappa shape index (κ3) is 3.82. The van der Waals surface area contributed by atoms with Gasteiger partial charge in [0.1, 0.15) is 5.60 Å². The molecule has 0 bridgehead atoms. The third-order valence-corrected chi connectivity index (χ3v) is 2.92. The van der Waals surface area contributed by atoms with E-state index in [1.54, 1.807) is 0 Å². The minimum absolute atomic E-state index is 0.0305. The Hall–Kier alpha value is -0.570. The smallest absolute Gasteiger partial charge is 0.309 e. The molecule has 0 spiro atoms. The Balaban J connectivity index is 2.56. The van der Waals surface area contributed by atoms with Crippen molar-refractivity contribution in [3.8, 4) is 0 Å².